The van der Waals surface area contributed by atoms with Crippen molar-refractivity contribution < 1.29 is 5.11 Å². The molecule has 2 nitrogen and oxygen atoms in total. The first-order valence-corrected chi connectivity index (χ1v) is 5.53. The van der Waals surface area contributed by atoms with Gasteiger partial charge in [-0.1, -0.05) is 36.9 Å². The van der Waals surface area contributed by atoms with Crippen molar-refractivity contribution >= 4 is 6.08 Å². The fraction of sp³-hybridized carbons (Fsp3) is 0.429. The molecule has 0 bridgehead atoms. The van der Waals surface area contributed by atoms with Crippen molar-refractivity contribution in [1.29, 1.82) is 0 Å². The van der Waals surface area contributed by atoms with Crippen LogP contribution < -0.4 is 0 Å². The molecule has 0 aromatic heterocycles. The third-order valence-corrected chi connectivity index (χ3v) is 2.37. The van der Waals surface area contributed by atoms with Crippen molar-refractivity contribution in [3.63, 3.8) is 0 Å². The number of hydrogen-bond acceptors (Lipinski definition) is 2. The van der Waals surface area contributed by atoms with Gasteiger partial charge >= 0.3 is 0 Å². The minimum absolute atomic E-state index is 0.651. The molecular formula is C14H21NO. The van der Waals surface area contributed by atoms with E-state index >= 15 is 0 Å². The van der Waals surface area contributed by atoms with E-state index in [0.717, 1.165) is 12.1 Å². The van der Waals surface area contributed by atoms with Crippen molar-refractivity contribution in [2.24, 2.45) is 0 Å². The van der Waals surface area contributed by atoms with E-state index in [1.165, 1.54) is 5.56 Å². The van der Waals surface area contributed by atoms with E-state index in [-0.39, 0.29) is 0 Å². The highest BCUT2D eigenvalue weighted by Crippen LogP contribution is 2.13. The Morgan fingerprint density at radius 2 is 2.00 bits per heavy atom. The van der Waals surface area contributed by atoms with Gasteiger partial charge in [-0.05, 0) is 32.0 Å². The molecular weight excluding hydrogens is 198 g/mol. The number of nitrogens with zero attached hydrogens (tertiary/aromatic N) is 1. The predicted molar refractivity (Wildman–Crippen MR) is 69.2 cm³/mol. The fourth-order valence-corrected chi connectivity index (χ4v) is 1.88. The van der Waals surface area contributed by atoms with E-state index in [0.29, 0.717) is 6.54 Å². The predicted octanol–water partition coefficient (Wildman–Crippen LogP) is 2.53. The Morgan fingerprint density at radius 3 is 2.56 bits per heavy atom. The maximum atomic E-state index is 9.73. The van der Waals surface area contributed by atoms with Gasteiger partial charge < -0.3 is 5.11 Å². The van der Waals surface area contributed by atoms with Gasteiger partial charge in [-0.3, -0.25) is 4.90 Å². The van der Waals surface area contributed by atoms with Gasteiger partial charge in [0.2, 0.25) is 0 Å². The van der Waals surface area contributed by atoms with Crippen LogP contribution in [0.2, 0.25) is 0 Å². The third kappa shape index (κ3) is 4.17. The van der Waals surface area contributed by atoms with Crippen LogP contribution in [0.5, 0.6) is 0 Å². The Hall–Kier alpha value is -1.12. The Morgan fingerprint density at radius 1 is 1.38 bits per heavy atom. The van der Waals surface area contributed by atoms with Crippen LogP contribution in [0.25, 0.3) is 6.08 Å². The summed E-state index contributed by atoms with van der Waals surface area (Å²) < 4.78 is 0. The van der Waals surface area contributed by atoms with E-state index in [4.69, 9.17) is 0 Å². The zero-order chi connectivity index (χ0) is 12.2. The first-order valence-electron chi connectivity index (χ1n) is 5.53. The van der Waals surface area contributed by atoms with E-state index in [2.05, 4.69) is 23.6 Å². The minimum atomic E-state index is -0.655. The highest BCUT2D eigenvalue weighted by molar-refractivity contribution is 5.51. The number of rotatable bonds is 5. The van der Waals surface area contributed by atoms with Crippen LogP contribution in [0.15, 0.2) is 30.8 Å². The molecule has 1 aromatic rings. The SMILES string of the molecule is C=Cc1ccccc1CN(C)CC(C)(C)O. The molecule has 1 N–H and O–H groups in total. The van der Waals surface area contributed by atoms with Gasteiger partial charge in [0, 0.05) is 13.1 Å². The topological polar surface area (TPSA) is 23.5 Å². The van der Waals surface area contributed by atoms with Gasteiger partial charge in [0.1, 0.15) is 0 Å². The summed E-state index contributed by atoms with van der Waals surface area (Å²) in [6, 6.07) is 8.19. The quantitative estimate of drug-likeness (QED) is 0.822. The molecule has 0 aliphatic heterocycles. The molecule has 0 unspecified atom stereocenters. The summed E-state index contributed by atoms with van der Waals surface area (Å²) >= 11 is 0. The van der Waals surface area contributed by atoms with Gasteiger partial charge in [-0.2, -0.15) is 0 Å². The van der Waals surface area contributed by atoms with Crippen molar-refractivity contribution in [3.05, 3.63) is 42.0 Å². The molecule has 2 heteroatoms. The van der Waals surface area contributed by atoms with Crippen LogP contribution in [0.3, 0.4) is 0 Å². The zero-order valence-corrected chi connectivity index (χ0v) is 10.4. The molecule has 0 saturated carbocycles. The zero-order valence-electron chi connectivity index (χ0n) is 10.4. The average Bonchev–Trinajstić information content (AvgIpc) is 2.15. The second-order valence-electron chi connectivity index (χ2n) is 4.89. The highest BCUT2D eigenvalue weighted by Gasteiger charge is 2.15. The highest BCUT2D eigenvalue weighted by atomic mass is 16.3. The van der Waals surface area contributed by atoms with Gasteiger partial charge in [-0.25, -0.2) is 0 Å². The monoisotopic (exact) mass is 219 g/mol. The molecule has 1 rings (SSSR count). The molecule has 0 heterocycles. The molecule has 0 aliphatic rings. The van der Waals surface area contributed by atoms with Crippen molar-refractivity contribution in [1.82, 2.24) is 4.90 Å². The van der Waals surface area contributed by atoms with E-state index in [1.807, 2.05) is 39.1 Å². The lowest BCUT2D eigenvalue weighted by Gasteiger charge is -2.25. The van der Waals surface area contributed by atoms with Gasteiger partial charge in [0.05, 0.1) is 5.60 Å². The van der Waals surface area contributed by atoms with Gasteiger partial charge in [0.25, 0.3) is 0 Å². The Labute approximate surface area is 98.2 Å². The smallest absolute Gasteiger partial charge is 0.0718 e. The summed E-state index contributed by atoms with van der Waals surface area (Å²) in [5.41, 5.74) is 1.74. The molecule has 0 fully saturated rings. The summed E-state index contributed by atoms with van der Waals surface area (Å²) in [5, 5.41) is 9.73. The minimum Gasteiger partial charge on any atom is -0.389 e. The van der Waals surface area contributed by atoms with Crippen LogP contribution in [0.1, 0.15) is 25.0 Å². The lowest BCUT2D eigenvalue weighted by molar-refractivity contribution is 0.0424. The number of aliphatic hydroxyl groups is 1. The molecule has 16 heavy (non-hydrogen) atoms. The molecule has 88 valence electrons. The largest absolute Gasteiger partial charge is 0.389 e. The van der Waals surface area contributed by atoms with E-state index in [9.17, 15) is 5.11 Å². The van der Waals surface area contributed by atoms with Crippen LogP contribution in [0, 0.1) is 0 Å². The summed E-state index contributed by atoms with van der Waals surface area (Å²) in [6.07, 6.45) is 1.87. The van der Waals surface area contributed by atoms with Crippen LogP contribution >= 0.6 is 0 Å². The second-order valence-corrected chi connectivity index (χ2v) is 4.89. The molecule has 0 atom stereocenters. The Bertz CT molecular complexity index is 352. The number of benzene rings is 1. The Kier molecular flexibility index (Phi) is 4.27. The first kappa shape index (κ1) is 12.9. The number of hydrogen-bond donors (Lipinski definition) is 1. The van der Waals surface area contributed by atoms with Crippen molar-refractivity contribution in [2.75, 3.05) is 13.6 Å². The van der Waals surface area contributed by atoms with Gasteiger partial charge in [-0.15, -0.1) is 0 Å². The van der Waals surface area contributed by atoms with E-state index in [1.54, 1.807) is 0 Å². The third-order valence-electron chi connectivity index (χ3n) is 2.37. The molecule has 0 saturated heterocycles. The summed E-state index contributed by atoms with van der Waals surface area (Å²) in [4.78, 5) is 2.11. The fourth-order valence-electron chi connectivity index (χ4n) is 1.88. The average molecular weight is 219 g/mol. The molecule has 0 amide bonds. The van der Waals surface area contributed by atoms with Crippen LogP contribution in [0.4, 0.5) is 0 Å². The van der Waals surface area contributed by atoms with E-state index < -0.39 is 5.60 Å². The van der Waals surface area contributed by atoms with Crippen molar-refractivity contribution in [3.8, 4) is 0 Å². The maximum Gasteiger partial charge on any atom is 0.0718 e. The maximum absolute atomic E-state index is 9.73. The Balaban J connectivity index is 2.69. The standard InChI is InChI=1S/C14H21NO/c1-5-12-8-6-7-9-13(12)10-15(4)11-14(2,3)16/h5-9,16H,1,10-11H2,2-4H3. The van der Waals surface area contributed by atoms with Crippen molar-refractivity contribution in [2.45, 2.75) is 26.0 Å². The summed E-state index contributed by atoms with van der Waals surface area (Å²) in [6.45, 7) is 8.93. The summed E-state index contributed by atoms with van der Waals surface area (Å²) in [7, 11) is 2.01. The number of likely N-dealkylation sites (N-methyl/N-ethyl adjacent to an activating group) is 1. The summed E-state index contributed by atoms with van der Waals surface area (Å²) in [5.74, 6) is 0. The van der Waals surface area contributed by atoms with Gasteiger partial charge in [0.15, 0.2) is 0 Å². The first-order chi connectivity index (χ1) is 7.42. The van der Waals surface area contributed by atoms with Crippen LogP contribution in [-0.4, -0.2) is 29.2 Å². The molecule has 0 spiro atoms. The molecule has 1 aromatic carbocycles. The van der Waals surface area contributed by atoms with Crippen LogP contribution in [-0.2, 0) is 6.54 Å². The molecule has 0 radical (unpaired) electrons. The normalized spacial score (nSPS) is 11.8. The molecule has 0 aliphatic carbocycles. The lowest BCUT2D eigenvalue weighted by atomic mass is 10.1. The second kappa shape index (κ2) is 5.28. The lowest BCUT2D eigenvalue weighted by Crippen LogP contribution is -2.35.